The summed E-state index contributed by atoms with van der Waals surface area (Å²) in [6.45, 7) is 3.51. The van der Waals surface area contributed by atoms with E-state index in [0.29, 0.717) is 5.92 Å². The maximum atomic E-state index is 4.63. The van der Waals surface area contributed by atoms with Gasteiger partial charge in [0.15, 0.2) is 0 Å². The van der Waals surface area contributed by atoms with Crippen LogP contribution in [0.5, 0.6) is 0 Å². The van der Waals surface area contributed by atoms with Crippen molar-refractivity contribution in [3.8, 4) is 0 Å². The van der Waals surface area contributed by atoms with Crippen LogP contribution in [0.3, 0.4) is 0 Å². The Morgan fingerprint density at radius 1 is 1.25 bits per heavy atom. The summed E-state index contributed by atoms with van der Waals surface area (Å²) in [6.07, 6.45) is 6.39. The molecule has 1 aromatic heterocycles. The van der Waals surface area contributed by atoms with Crippen LogP contribution in [0.15, 0.2) is 10.7 Å². The molecule has 4 nitrogen and oxygen atoms in total. The Morgan fingerprint density at radius 3 is 2.70 bits per heavy atom. The lowest BCUT2D eigenvalue weighted by Crippen LogP contribution is -2.30. The second-order valence-electron chi connectivity index (χ2n) is 6.17. The van der Waals surface area contributed by atoms with E-state index in [1.165, 1.54) is 45.2 Å². The summed E-state index contributed by atoms with van der Waals surface area (Å²) in [5.41, 5.74) is 0. The van der Waals surface area contributed by atoms with Crippen LogP contribution < -0.4 is 5.32 Å². The molecule has 0 radical (unpaired) electrons. The minimum absolute atomic E-state index is 0.599. The van der Waals surface area contributed by atoms with E-state index in [2.05, 4.69) is 43.2 Å². The van der Waals surface area contributed by atoms with Crippen molar-refractivity contribution in [1.29, 1.82) is 0 Å². The average Bonchev–Trinajstić information content (AvgIpc) is 3.25. The molecule has 1 aromatic rings. The van der Waals surface area contributed by atoms with Crippen LogP contribution >= 0.6 is 15.9 Å². The topological polar surface area (TPSA) is 41.0 Å². The standard InChI is InChI=1S/C15H23BrN4/c1-20-8-5-11(6-9-20)4-7-17-14-10-13(16)18-15(19-14)12-2-3-12/h10-12H,2-9H2,1H3,(H,17,18,19). The van der Waals surface area contributed by atoms with Gasteiger partial charge in [-0.1, -0.05) is 0 Å². The molecule has 1 aliphatic carbocycles. The Hall–Kier alpha value is -0.680. The molecule has 1 saturated heterocycles. The zero-order valence-electron chi connectivity index (χ0n) is 12.1. The molecule has 0 spiro atoms. The van der Waals surface area contributed by atoms with Crippen molar-refractivity contribution >= 4 is 21.7 Å². The highest BCUT2D eigenvalue weighted by Gasteiger charge is 2.27. The Bertz CT molecular complexity index is 453. The van der Waals surface area contributed by atoms with Gasteiger partial charge in [0.25, 0.3) is 0 Å². The van der Waals surface area contributed by atoms with Gasteiger partial charge in [-0.25, -0.2) is 9.97 Å². The van der Waals surface area contributed by atoms with E-state index in [-0.39, 0.29) is 0 Å². The van der Waals surface area contributed by atoms with Crippen LogP contribution in [0, 0.1) is 5.92 Å². The number of nitrogens with one attached hydrogen (secondary N) is 1. The van der Waals surface area contributed by atoms with Crippen molar-refractivity contribution in [3.05, 3.63) is 16.5 Å². The van der Waals surface area contributed by atoms with E-state index < -0.39 is 0 Å². The molecule has 0 unspecified atom stereocenters. The van der Waals surface area contributed by atoms with E-state index in [1.54, 1.807) is 0 Å². The van der Waals surface area contributed by atoms with Crippen LogP contribution in [0.4, 0.5) is 5.82 Å². The number of halogens is 1. The fraction of sp³-hybridized carbons (Fsp3) is 0.733. The quantitative estimate of drug-likeness (QED) is 0.836. The Labute approximate surface area is 129 Å². The average molecular weight is 339 g/mol. The summed E-state index contributed by atoms with van der Waals surface area (Å²) in [6, 6.07) is 1.99. The van der Waals surface area contributed by atoms with E-state index in [0.717, 1.165) is 28.7 Å². The number of anilines is 1. The van der Waals surface area contributed by atoms with Gasteiger partial charge in [-0.15, -0.1) is 0 Å². The highest BCUT2D eigenvalue weighted by molar-refractivity contribution is 9.10. The van der Waals surface area contributed by atoms with Gasteiger partial charge in [0, 0.05) is 18.5 Å². The Kier molecular flexibility index (Phi) is 4.56. The molecule has 2 aliphatic rings. The first-order chi connectivity index (χ1) is 9.70. The Balaban J connectivity index is 1.48. The summed E-state index contributed by atoms with van der Waals surface area (Å²) in [5, 5.41) is 3.47. The Morgan fingerprint density at radius 2 is 2.00 bits per heavy atom. The molecule has 0 atom stereocenters. The van der Waals surface area contributed by atoms with Crippen molar-refractivity contribution < 1.29 is 0 Å². The van der Waals surface area contributed by atoms with Crippen LogP contribution in [0.1, 0.15) is 43.8 Å². The lowest BCUT2D eigenvalue weighted by atomic mass is 9.94. The summed E-state index contributed by atoms with van der Waals surface area (Å²) < 4.78 is 0.899. The fourth-order valence-electron chi connectivity index (χ4n) is 2.80. The molecule has 0 amide bonds. The molecule has 5 heteroatoms. The summed E-state index contributed by atoms with van der Waals surface area (Å²) in [5.74, 6) is 3.44. The lowest BCUT2D eigenvalue weighted by molar-refractivity contribution is 0.215. The maximum Gasteiger partial charge on any atom is 0.135 e. The predicted molar refractivity (Wildman–Crippen MR) is 85.0 cm³/mol. The third-order valence-corrected chi connectivity index (χ3v) is 4.76. The number of piperidine rings is 1. The molecule has 0 bridgehead atoms. The lowest BCUT2D eigenvalue weighted by Gasteiger charge is -2.28. The van der Waals surface area contributed by atoms with Gasteiger partial charge in [-0.05, 0) is 74.1 Å². The van der Waals surface area contributed by atoms with Crippen LogP contribution in [0.25, 0.3) is 0 Å². The van der Waals surface area contributed by atoms with Crippen LogP contribution in [-0.2, 0) is 0 Å². The first kappa shape index (κ1) is 14.3. The molecular formula is C15H23BrN4. The number of rotatable bonds is 5. The first-order valence-corrected chi connectivity index (χ1v) is 8.47. The van der Waals surface area contributed by atoms with Crippen LogP contribution in [0.2, 0.25) is 0 Å². The highest BCUT2D eigenvalue weighted by Crippen LogP contribution is 2.38. The van der Waals surface area contributed by atoms with E-state index >= 15 is 0 Å². The zero-order chi connectivity index (χ0) is 13.9. The summed E-state index contributed by atoms with van der Waals surface area (Å²) in [7, 11) is 2.21. The van der Waals surface area contributed by atoms with E-state index in [1.807, 2.05) is 6.07 Å². The van der Waals surface area contributed by atoms with Crippen molar-refractivity contribution in [3.63, 3.8) is 0 Å². The number of hydrogen-bond acceptors (Lipinski definition) is 4. The minimum Gasteiger partial charge on any atom is -0.370 e. The largest absolute Gasteiger partial charge is 0.370 e. The molecule has 1 N–H and O–H groups in total. The second kappa shape index (κ2) is 6.39. The number of hydrogen-bond donors (Lipinski definition) is 1. The van der Waals surface area contributed by atoms with E-state index in [9.17, 15) is 0 Å². The molecule has 0 aromatic carbocycles. The predicted octanol–water partition coefficient (Wildman–Crippen LogP) is 3.26. The molecule has 2 heterocycles. The SMILES string of the molecule is CN1CCC(CCNc2cc(Br)nc(C3CC3)n2)CC1. The van der Waals surface area contributed by atoms with Crippen LogP contribution in [-0.4, -0.2) is 41.5 Å². The normalized spacial score (nSPS) is 21.1. The van der Waals surface area contributed by atoms with Gasteiger partial charge < -0.3 is 10.2 Å². The van der Waals surface area contributed by atoms with E-state index in [4.69, 9.17) is 0 Å². The smallest absolute Gasteiger partial charge is 0.135 e. The van der Waals surface area contributed by atoms with Crippen molar-refractivity contribution in [2.75, 3.05) is 32.0 Å². The number of aromatic nitrogens is 2. The third kappa shape index (κ3) is 3.92. The van der Waals surface area contributed by atoms with Gasteiger partial charge in [0.2, 0.25) is 0 Å². The van der Waals surface area contributed by atoms with Gasteiger partial charge >= 0.3 is 0 Å². The van der Waals surface area contributed by atoms with Gasteiger partial charge in [-0.3, -0.25) is 0 Å². The van der Waals surface area contributed by atoms with Gasteiger partial charge in [-0.2, -0.15) is 0 Å². The molecule has 3 rings (SSSR count). The third-order valence-electron chi connectivity index (χ3n) is 4.35. The number of likely N-dealkylation sites (tertiary alicyclic amines) is 1. The van der Waals surface area contributed by atoms with Crippen molar-refractivity contribution in [2.24, 2.45) is 5.92 Å². The summed E-state index contributed by atoms with van der Waals surface area (Å²) in [4.78, 5) is 11.5. The fourth-order valence-corrected chi connectivity index (χ4v) is 3.20. The summed E-state index contributed by atoms with van der Waals surface area (Å²) >= 11 is 3.49. The molecular weight excluding hydrogens is 316 g/mol. The minimum atomic E-state index is 0.599. The molecule has 1 aliphatic heterocycles. The molecule has 2 fully saturated rings. The molecule has 20 heavy (non-hydrogen) atoms. The monoisotopic (exact) mass is 338 g/mol. The van der Waals surface area contributed by atoms with Gasteiger partial charge in [0.05, 0.1) is 0 Å². The zero-order valence-corrected chi connectivity index (χ0v) is 13.7. The first-order valence-electron chi connectivity index (χ1n) is 7.67. The highest BCUT2D eigenvalue weighted by atomic mass is 79.9. The van der Waals surface area contributed by atoms with Gasteiger partial charge in [0.1, 0.15) is 16.2 Å². The number of nitrogens with zero attached hydrogens (tertiary/aromatic N) is 3. The maximum absolute atomic E-state index is 4.63. The molecule has 1 saturated carbocycles. The molecule has 110 valence electrons. The second-order valence-corrected chi connectivity index (χ2v) is 6.98. The van der Waals surface area contributed by atoms with Crippen molar-refractivity contribution in [1.82, 2.24) is 14.9 Å². The van der Waals surface area contributed by atoms with Crippen molar-refractivity contribution in [2.45, 2.75) is 38.0 Å².